The molecule has 4 aromatic rings. The van der Waals surface area contributed by atoms with Gasteiger partial charge in [-0.1, -0.05) is 40.2 Å². The molecule has 0 atom stereocenters. The molecule has 0 saturated carbocycles. The minimum Gasteiger partial charge on any atom is -0.497 e. The predicted molar refractivity (Wildman–Crippen MR) is 114 cm³/mol. The molecule has 0 bridgehead atoms. The van der Waals surface area contributed by atoms with Crippen LogP contribution in [-0.2, 0) is 0 Å². The van der Waals surface area contributed by atoms with Crippen molar-refractivity contribution in [1.29, 1.82) is 0 Å². The number of nitrogens with one attached hydrogen (secondary N) is 1. The molecule has 2 aromatic carbocycles. The number of hydrogen-bond donors (Lipinski definition) is 2. The number of nitrogen functional groups attached to an aromatic ring is 1. The van der Waals surface area contributed by atoms with Crippen LogP contribution in [0.25, 0.3) is 33.4 Å². The molecule has 0 aliphatic rings. The van der Waals surface area contributed by atoms with E-state index >= 15 is 0 Å². The summed E-state index contributed by atoms with van der Waals surface area (Å²) in [6.45, 7) is 0. The third kappa shape index (κ3) is 3.43. The van der Waals surface area contributed by atoms with E-state index in [0.717, 1.165) is 38.0 Å². The van der Waals surface area contributed by atoms with Crippen LogP contribution in [0, 0.1) is 4.77 Å². The standard InChI is InChI=1S/C20H15BrN4OS/c1-26-14-8-4-11(5-9-14)15-10-16(12-2-6-13(21)7-3-12)23-19-17(15)18(22)24-20(27)25-19/h2-10H,1H3,(H3,22,23,24,25,27). The van der Waals surface area contributed by atoms with Gasteiger partial charge in [-0.25, -0.2) is 4.98 Å². The lowest BCUT2D eigenvalue weighted by atomic mass is 10.00. The summed E-state index contributed by atoms with van der Waals surface area (Å²) >= 11 is 8.65. The van der Waals surface area contributed by atoms with Crippen LogP contribution in [0.1, 0.15) is 0 Å². The molecule has 27 heavy (non-hydrogen) atoms. The highest BCUT2D eigenvalue weighted by atomic mass is 79.9. The molecule has 0 aliphatic carbocycles. The van der Waals surface area contributed by atoms with Crippen LogP contribution in [-0.4, -0.2) is 22.1 Å². The molecule has 3 N–H and O–H groups in total. The van der Waals surface area contributed by atoms with Crippen LogP contribution >= 0.6 is 28.1 Å². The summed E-state index contributed by atoms with van der Waals surface area (Å²) in [7, 11) is 1.64. The summed E-state index contributed by atoms with van der Waals surface area (Å²) in [4.78, 5) is 12.0. The Hall–Kier alpha value is -2.77. The monoisotopic (exact) mass is 438 g/mol. The van der Waals surface area contributed by atoms with Crippen molar-refractivity contribution in [3.63, 3.8) is 0 Å². The Morgan fingerprint density at radius 3 is 2.33 bits per heavy atom. The third-order valence-corrected chi connectivity index (χ3v) is 4.98. The topological polar surface area (TPSA) is 76.8 Å². The Labute approximate surface area is 169 Å². The van der Waals surface area contributed by atoms with Gasteiger partial charge in [-0.05, 0) is 53.7 Å². The lowest BCUT2D eigenvalue weighted by Crippen LogP contribution is -2.00. The number of aromatic nitrogens is 3. The summed E-state index contributed by atoms with van der Waals surface area (Å²) in [5, 5.41) is 0.745. The molecule has 5 nitrogen and oxygen atoms in total. The molecule has 4 rings (SSSR count). The number of fused-ring (bicyclic) bond motifs is 1. The first-order valence-corrected chi connectivity index (χ1v) is 9.36. The Bertz CT molecular complexity index is 1190. The normalized spacial score (nSPS) is 10.9. The Kier molecular flexibility index (Phi) is 4.63. The molecule has 0 spiro atoms. The van der Waals surface area contributed by atoms with Crippen LogP contribution in [0.2, 0.25) is 0 Å². The number of halogens is 1. The number of aromatic amines is 1. The van der Waals surface area contributed by atoms with Gasteiger partial charge in [0.2, 0.25) is 0 Å². The lowest BCUT2D eigenvalue weighted by molar-refractivity contribution is 0.415. The fourth-order valence-corrected chi connectivity index (χ4v) is 3.41. The van der Waals surface area contributed by atoms with E-state index in [2.05, 4.69) is 25.9 Å². The summed E-state index contributed by atoms with van der Waals surface area (Å²) < 4.78 is 6.58. The van der Waals surface area contributed by atoms with Crippen molar-refractivity contribution >= 4 is 45.0 Å². The smallest absolute Gasteiger partial charge is 0.200 e. The second-order valence-corrected chi connectivity index (χ2v) is 7.25. The quantitative estimate of drug-likeness (QED) is 0.420. The molecule has 2 heterocycles. The molecular formula is C20H15BrN4OS. The van der Waals surface area contributed by atoms with Gasteiger partial charge in [0, 0.05) is 10.0 Å². The van der Waals surface area contributed by atoms with Crippen molar-refractivity contribution in [2.45, 2.75) is 0 Å². The van der Waals surface area contributed by atoms with Crippen molar-refractivity contribution in [2.75, 3.05) is 12.8 Å². The zero-order chi connectivity index (χ0) is 19.0. The van der Waals surface area contributed by atoms with Gasteiger partial charge in [0.25, 0.3) is 0 Å². The average Bonchev–Trinajstić information content (AvgIpc) is 2.67. The molecule has 0 unspecified atom stereocenters. The number of ether oxygens (including phenoxy) is 1. The van der Waals surface area contributed by atoms with Crippen LogP contribution in [0.5, 0.6) is 5.75 Å². The van der Waals surface area contributed by atoms with Gasteiger partial charge < -0.3 is 15.5 Å². The van der Waals surface area contributed by atoms with Gasteiger partial charge in [0.15, 0.2) is 10.4 Å². The van der Waals surface area contributed by atoms with Gasteiger partial charge in [0.05, 0.1) is 18.2 Å². The van der Waals surface area contributed by atoms with E-state index in [1.807, 2.05) is 54.6 Å². The van der Waals surface area contributed by atoms with Crippen molar-refractivity contribution in [3.8, 4) is 28.1 Å². The van der Waals surface area contributed by atoms with Crippen LogP contribution in [0.4, 0.5) is 5.82 Å². The van der Waals surface area contributed by atoms with E-state index in [9.17, 15) is 0 Å². The molecule has 0 aliphatic heterocycles. The van der Waals surface area contributed by atoms with Gasteiger partial charge in [-0.3, -0.25) is 0 Å². The van der Waals surface area contributed by atoms with E-state index in [1.54, 1.807) is 7.11 Å². The van der Waals surface area contributed by atoms with Crippen LogP contribution < -0.4 is 10.5 Å². The second-order valence-electron chi connectivity index (χ2n) is 5.94. The number of anilines is 1. The summed E-state index contributed by atoms with van der Waals surface area (Å²) in [6.07, 6.45) is 0. The number of benzene rings is 2. The van der Waals surface area contributed by atoms with E-state index in [4.69, 9.17) is 27.7 Å². The first kappa shape index (κ1) is 17.6. The van der Waals surface area contributed by atoms with Crippen LogP contribution in [0.3, 0.4) is 0 Å². The van der Waals surface area contributed by atoms with E-state index in [-0.39, 0.29) is 0 Å². The highest BCUT2D eigenvalue weighted by Gasteiger charge is 2.14. The second kappa shape index (κ2) is 7.09. The molecule has 7 heteroatoms. The molecule has 0 fully saturated rings. The maximum absolute atomic E-state index is 6.23. The first-order chi connectivity index (χ1) is 13.0. The zero-order valence-corrected chi connectivity index (χ0v) is 16.8. The van der Waals surface area contributed by atoms with E-state index in [1.165, 1.54) is 0 Å². The van der Waals surface area contributed by atoms with Gasteiger partial charge in [-0.2, -0.15) is 4.98 Å². The largest absolute Gasteiger partial charge is 0.497 e. The number of rotatable bonds is 3. The number of nitrogens with zero attached hydrogens (tertiary/aromatic N) is 2. The molecule has 2 aromatic heterocycles. The molecular weight excluding hydrogens is 424 g/mol. The number of H-pyrrole nitrogens is 1. The summed E-state index contributed by atoms with van der Waals surface area (Å²) in [5.74, 6) is 1.24. The van der Waals surface area contributed by atoms with Crippen molar-refractivity contribution in [1.82, 2.24) is 15.0 Å². The summed E-state index contributed by atoms with van der Waals surface area (Å²) in [6, 6.07) is 17.8. The van der Waals surface area contributed by atoms with Crippen molar-refractivity contribution < 1.29 is 4.74 Å². The van der Waals surface area contributed by atoms with Gasteiger partial charge in [-0.15, -0.1) is 0 Å². The number of methoxy groups -OCH3 is 1. The summed E-state index contributed by atoms with van der Waals surface area (Å²) in [5.41, 5.74) is 10.4. The number of nitrogens with two attached hydrogens (primary N) is 1. The molecule has 134 valence electrons. The zero-order valence-electron chi connectivity index (χ0n) is 14.4. The number of pyridine rings is 1. The van der Waals surface area contributed by atoms with Crippen molar-refractivity contribution in [2.24, 2.45) is 0 Å². The van der Waals surface area contributed by atoms with Gasteiger partial charge >= 0.3 is 0 Å². The van der Waals surface area contributed by atoms with E-state index in [0.29, 0.717) is 16.2 Å². The predicted octanol–water partition coefficient (Wildman–Crippen LogP) is 5.37. The maximum atomic E-state index is 6.23. The Morgan fingerprint density at radius 1 is 1.00 bits per heavy atom. The highest BCUT2D eigenvalue weighted by Crippen LogP contribution is 2.34. The molecule has 0 amide bonds. The maximum Gasteiger partial charge on any atom is 0.200 e. The minimum atomic E-state index is 0.307. The minimum absolute atomic E-state index is 0.307. The third-order valence-electron chi connectivity index (χ3n) is 4.26. The fraction of sp³-hybridized carbons (Fsp3) is 0.0500. The first-order valence-electron chi connectivity index (χ1n) is 8.16. The molecule has 0 radical (unpaired) electrons. The van der Waals surface area contributed by atoms with Crippen LogP contribution in [0.15, 0.2) is 59.1 Å². The van der Waals surface area contributed by atoms with E-state index < -0.39 is 0 Å². The average molecular weight is 439 g/mol. The lowest BCUT2D eigenvalue weighted by Gasteiger charge is -2.12. The fourth-order valence-electron chi connectivity index (χ4n) is 2.95. The van der Waals surface area contributed by atoms with Crippen molar-refractivity contribution in [3.05, 3.63) is 63.8 Å². The van der Waals surface area contributed by atoms with Gasteiger partial charge in [0.1, 0.15) is 11.6 Å². The number of hydrogen-bond acceptors (Lipinski definition) is 5. The SMILES string of the molecule is COc1ccc(-c2cc(-c3ccc(Br)cc3)nc3nc(=S)[nH]c(N)c23)cc1. The highest BCUT2D eigenvalue weighted by molar-refractivity contribution is 9.10. The Morgan fingerprint density at radius 2 is 1.67 bits per heavy atom. The molecule has 0 saturated heterocycles. The Balaban J connectivity index is 2.01.